The molecule has 0 radical (unpaired) electrons. The molecule has 220 valence electrons. The van der Waals surface area contributed by atoms with Gasteiger partial charge in [0.05, 0.1) is 13.7 Å². The zero-order valence-corrected chi connectivity index (χ0v) is 24.6. The molecule has 2 aliphatic rings. The highest BCUT2D eigenvalue weighted by Crippen LogP contribution is 2.45. The van der Waals surface area contributed by atoms with Crippen LogP contribution in [0.4, 0.5) is 0 Å². The summed E-state index contributed by atoms with van der Waals surface area (Å²) in [7, 11) is 1.65. The first-order valence-corrected chi connectivity index (χ1v) is 14.7. The fraction of sp³-hybridized carbons (Fsp3) is 0.189. The van der Waals surface area contributed by atoms with E-state index in [0.29, 0.717) is 29.7 Å². The Hall–Kier alpha value is -5.30. The van der Waals surface area contributed by atoms with Crippen LogP contribution >= 0.6 is 0 Å². The number of nitrogens with zero attached hydrogens (tertiary/aromatic N) is 2. The molecule has 0 saturated carbocycles. The van der Waals surface area contributed by atoms with E-state index in [2.05, 4.69) is 22.1 Å². The van der Waals surface area contributed by atoms with Crippen molar-refractivity contribution < 1.29 is 24.2 Å². The number of carbonyl (C=O) groups is 2. The van der Waals surface area contributed by atoms with E-state index in [1.54, 1.807) is 44.8 Å². The molecule has 3 aromatic carbocycles. The van der Waals surface area contributed by atoms with E-state index < -0.39 is 5.97 Å². The lowest BCUT2D eigenvalue weighted by atomic mass is 9.71. The van der Waals surface area contributed by atoms with Crippen molar-refractivity contribution >= 4 is 38.9 Å². The summed E-state index contributed by atoms with van der Waals surface area (Å²) in [5.41, 5.74) is 5.42. The largest absolute Gasteiger partial charge is 0.507 e. The first kappa shape index (κ1) is 28.8. The van der Waals surface area contributed by atoms with Gasteiger partial charge in [0.25, 0.3) is 0 Å². The predicted octanol–water partition coefficient (Wildman–Crippen LogP) is 7.52. The SMILES string of the molecule is CCOC(=O)c1nccc2cnccc12.COc1ccc(CC2C(=O)c3c(ccc4cccc(O)c34)C3=C2CCC=C3)cc1. The minimum absolute atomic E-state index is 0.108. The maximum Gasteiger partial charge on any atom is 0.357 e. The number of carbonyl (C=O) groups excluding carboxylic acids is 2. The van der Waals surface area contributed by atoms with Gasteiger partial charge >= 0.3 is 5.97 Å². The van der Waals surface area contributed by atoms with Crippen LogP contribution in [0.3, 0.4) is 0 Å². The lowest BCUT2D eigenvalue weighted by Crippen LogP contribution is -2.27. The monoisotopic (exact) mass is 584 g/mol. The van der Waals surface area contributed by atoms with Crippen molar-refractivity contribution in [3.63, 3.8) is 0 Å². The second-order valence-electron chi connectivity index (χ2n) is 10.7. The van der Waals surface area contributed by atoms with Crippen LogP contribution in [0.25, 0.3) is 27.1 Å². The molecule has 1 N–H and O–H groups in total. The van der Waals surface area contributed by atoms with Crippen molar-refractivity contribution in [2.24, 2.45) is 5.92 Å². The molecule has 1 unspecified atom stereocenters. The van der Waals surface area contributed by atoms with Gasteiger partial charge < -0.3 is 14.6 Å². The van der Waals surface area contributed by atoms with Gasteiger partial charge in [-0.05, 0) is 78.6 Å². The average Bonchev–Trinajstić information content (AvgIpc) is 3.07. The third kappa shape index (κ3) is 5.44. The molecule has 2 aliphatic carbocycles. The minimum Gasteiger partial charge on any atom is -0.507 e. The average molecular weight is 585 g/mol. The first-order chi connectivity index (χ1) is 21.5. The molecule has 0 fully saturated rings. The summed E-state index contributed by atoms with van der Waals surface area (Å²) in [5, 5.41) is 13.8. The highest BCUT2D eigenvalue weighted by atomic mass is 16.5. The molecular weight excluding hydrogens is 552 g/mol. The van der Waals surface area contributed by atoms with Crippen LogP contribution in [0, 0.1) is 5.92 Å². The number of esters is 1. The number of benzene rings is 3. The molecule has 44 heavy (non-hydrogen) atoms. The first-order valence-electron chi connectivity index (χ1n) is 14.7. The van der Waals surface area contributed by atoms with Gasteiger partial charge in [0.1, 0.15) is 11.5 Å². The summed E-state index contributed by atoms with van der Waals surface area (Å²) in [5.74, 6) is 0.484. The maximum absolute atomic E-state index is 13.8. The van der Waals surface area contributed by atoms with Crippen molar-refractivity contribution in [2.45, 2.75) is 26.2 Å². The Morgan fingerprint density at radius 2 is 1.84 bits per heavy atom. The van der Waals surface area contributed by atoms with E-state index in [9.17, 15) is 14.7 Å². The summed E-state index contributed by atoms with van der Waals surface area (Å²) < 4.78 is 10.2. The van der Waals surface area contributed by atoms with Gasteiger partial charge in [0.15, 0.2) is 11.5 Å². The third-order valence-electron chi connectivity index (χ3n) is 8.14. The molecule has 0 aliphatic heterocycles. The van der Waals surface area contributed by atoms with Gasteiger partial charge in [-0.25, -0.2) is 9.78 Å². The number of Topliss-reactive ketones (excluding diaryl/α,β-unsaturated/α-hetero) is 1. The number of phenols is 1. The van der Waals surface area contributed by atoms with E-state index >= 15 is 0 Å². The number of rotatable bonds is 5. The van der Waals surface area contributed by atoms with Crippen LogP contribution in [-0.2, 0) is 11.2 Å². The summed E-state index contributed by atoms with van der Waals surface area (Å²) in [6.45, 7) is 2.12. The van der Waals surface area contributed by atoms with Crippen LogP contribution in [0.2, 0.25) is 0 Å². The summed E-state index contributed by atoms with van der Waals surface area (Å²) in [6.07, 6.45) is 11.7. The van der Waals surface area contributed by atoms with Gasteiger partial charge in [-0.1, -0.05) is 54.1 Å². The predicted molar refractivity (Wildman–Crippen MR) is 171 cm³/mol. The number of ether oxygens (including phenoxy) is 2. The van der Waals surface area contributed by atoms with E-state index in [1.165, 1.54) is 5.57 Å². The van der Waals surface area contributed by atoms with Gasteiger partial charge in [-0.2, -0.15) is 0 Å². The van der Waals surface area contributed by atoms with Crippen molar-refractivity contribution in [3.05, 3.63) is 125 Å². The Balaban J connectivity index is 0.000000193. The van der Waals surface area contributed by atoms with Crippen LogP contribution in [0.15, 0.2) is 103 Å². The van der Waals surface area contributed by atoms with Gasteiger partial charge in [-0.15, -0.1) is 0 Å². The fourth-order valence-corrected chi connectivity index (χ4v) is 6.07. The molecule has 1 atom stereocenters. The zero-order valence-electron chi connectivity index (χ0n) is 24.6. The smallest absolute Gasteiger partial charge is 0.357 e. The maximum atomic E-state index is 13.8. The number of pyridine rings is 2. The number of allylic oxidation sites excluding steroid dienone is 4. The van der Waals surface area contributed by atoms with Gasteiger partial charge in [0.2, 0.25) is 0 Å². The fourth-order valence-electron chi connectivity index (χ4n) is 6.07. The molecule has 7 heteroatoms. The van der Waals surface area contributed by atoms with Gasteiger partial charge in [0, 0.05) is 46.2 Å². The molecule has 0 spiro atoms. The third-order valence-corrected chi connectivity index (χ3v) is 8.14. The number of phenolic OH excluding ortho intramolecular Hbond substituents is 1. The van der Waals surface area contributed by atoms with E-state index in [1.807, 2.05) is 54.6 Å². The molecule has 0 amide bonds. The van der Waals surface area contributed by atoms with Gasteiger partial charge in [-0.3, -0.25) is 9.78 Å². The van der Waals surface area contributed by atoms with E-state index in [-0.39, 0.29) is 17.5 Å². The summed E-state index contributed by atoms with van der Waals surface area (Å²) in [4.78, 5) is 33.3. The van der Waals surface area contributed by atoms with Crippen molar-refractivity contribution in [1.82, 2.24) is 9.97 Å². The molecule has 5 aromatic rings. The molecule has 0 saturated heterocycles. The van der Waals surface area contributed by atoms with Crippen molar-refractivity contribution in [1.29, 1.82) is 0 Å². The van der Waals surface area contributed by atoms with E-state index in [4.69, 9.17) is 9.47 Å². The topological polar surface area (TPSA) is 98.6 Å². The Kier molecular flexibility index (Phi) is 8.19. The number of fused-ring (bicyclic) bond motifs is 5. The lowest BCUT2D eigenvalue weighted by Gasteiger charge is -2.31. The second kappa shape index (κ2) is 12.5. The Morgan fingerprint density at radius 1 is 1.00 bits per heavy atom. The van der Waals surface area contributed by atoms with Crippen LogP contribution in [0.1, 0.15) is 51.7 Å². The van der Waals surface area contributed by atoms with E-state index in [0.717, 1.165) is 51.4 Å². The molecule has 2 aromatic heterocycles. The molecule has 0 bridgehead atoms. The quantitative estimate of drug-likeness (QED) is 0.213. The highest BCUT2D eigenvalue weighted by molar-refractivity contribution is 6.18. The normalized spacial score (nSPS) is 15.3. The summed E-state index contributed by atoms with van der Waals surface area (Å²) in [6, 6.07) is 21.0. The number of aromatic nitrogens is 2. The Bertz CT molecular complexity index is 1940. The van der Waals surface area contributed by atoms with Crippen molar-refractivity contribution in [2.75, 3.05) is 13.7 Å². The van der Waals surface area contributed by atoms with Crippen LogP contribution < -0.4 is 4.74 Å². The van der Waals surface area contributed by atoms with Crippen LogP contribution in [0.5, 0.6) is 11.5 Å². The number of hydrogen-bond acceptors (Lipinski definition) is 7. The standard InChI is InChI=1S/C26H22O3.C11H10N2O2/c1-29-18-12-9-16(10-13-18)15-22-20-7-3-2-6-19(20)21-14-11-17-5-4-8-23(27)24(17)25(21)26(22)28;1-2-15-11(14)10-9-4-5-12-7-8(9)3-6-13-10/h2,4-6,8-14,22,27H,3,7,15H2,1H3;3-7H,2H2,1H3. The van der Waals surface area contributed by atoms with Crippen molar-refractivity contribution in [3.8, 4) is 11.5 Å². The Labute approximate surface area is 255 Å². The number of methoxy groups -OCH3 is 1. The summed E-state index contributed by atoms with van der Waals surface area (Å²) >= 11 is 0. The molecule has 7 rings (SSSR count). The Morgan fingerprint density at radius 3 is 2.64 bits per heavy atom. The number of ketones is 1. The van der Waals surface area contributed by atoms with Crippen LogP contribution in [-0.4, -0.2) is 40.5 Å². The molecular formula is C37H32N2O5. The lowest BCUT2D eigenvalue weighted by molar-refractivity contribution is 0.0522. The zero-order chi connectivity index (χ0) is 30.6. The number of aromatic hydroxyl groups is 1. The highest BCUT2D eigenvalue weighted by Gasteiger charge is 2.35. The molecule has 7 nitrogen and oxygen atoms in total. The molecule has 2 heterocycles. The second-order valence-corrected chi connectivity index (χ2v) is 10.7. The number of hydrogen-bond donors (Lipinski definition) is 1. The minimum atomic E-state index is -0.394.